The van der Waals surface area contributed by atoms with Gasteiger partial charge in [-0.25, -0.2) is 4.90 Å². The van der Waals surface area contributed by atoms with Gasteiger partial charge in [-0.1, -0.05) is 0 Å². The van der Waals surface area contributed by atoms with Crippen molar-refractivity contribution in [1.29, 1.82) is 0 Å². The molecular formula is C14H16N6OS. The molecule has 0 spiro atoms. The van der Waals surface area contributed by atoms with Crippen molar-refractivity contribution in [3.63, 3.8) is 0 Å². The van der Waals surface area contributed by atoms with Gasteiger partial charge in [0.2, 0.25) is 0 Å². The zero-order valence-electron chi connectivity index (χ0n) is 12.8. The maximum atomic E-state index is 12.6. The first-order valence-electron chi connectivity index (χ1n) is 6.74. The lowest BCUT2D eigenvalue weighted by molar-refractivity contribution is -0.113. The Morgan fingerprint density at radius 2 is 2.05 bits per heavy atom. The first-order chi connectivity index (χ1) is 10.4. The van der Waals surface area contributed by atoms with Crippen LogP contribution >= 0.6 is 12.2 Å². The van der Waals surface area contributed by atoms with Crippen LogP contribution in [0.2, 0.25) is 0 Å². The molecule has 0 atom stereocenters. The minimum Gasteiger partial charge on any atom is -0.327 e. The van der Waals surface area contributed by atoms with Crippen LogP contribution in [0.4, 0.5) is 5.69 Å². The third-order valence-corrected chi connectivity index (χ3v) is 3.96. The number of amides is 1. The molecule has 1 N–H and O–H groups in total. The fraction of sp³-hybridized carbons (Fsp3) is 0.286. The number of aryl methyl sites for hydroxylation is 3. The number of carbonyl (C=O) groups excluding carboxylic acids is 1. The predicted molar refractivity (Wildman–Crippen MR) is 87.1 cm³/mol. The molecule has 114 valence electrons. The Morgan fingerprint density at radius 3 is 2.59 bits per heavy atom. The molecule has 3 rings (SSSR count). The lowest BCUT2D eigenvalue weighted by Crippen LogP contribution is -2.30. The Hall–Kier alpha value is -2.48. The minimum atomic E-state index is -0.190. The molecule has 1 aliphatic heterocycles. The number of aromatic nitrogens is 4. The van der Waals surface area contributed by atoms with E-state index in [2.05, 4.69) is 15.5 Å². The van der Waals surface area contributed by atoms with Crippen LogP contribution in [0, 0.1) is 13.8 Å². The monoisotopic (exact) mass is 316 g/mol. The lowest BCUT2D eigenvalue weighted by Gasteiger charge is -2.11. The van der Waals surface area contributed by atoms with Crippen LogP contribution in [0.5, 0.6) is 0 Å². The van der Waals surface area contributed by atoms with Crippen molar-refractivity contribution in [3.8, 4) is 0 Å². The number of carbonyl (C=O) groups is 1. The van der Waals surface area contributed by atoms with Gasteiger partial charge in [-0.3, -0.25) is 14.2 Å². The number of anilines is 1. The highest BCUT2D eigenvalue weighted by molar-refractivity contribution is 7.80. The zero-order valence-corrected chi connectivity index (χ0v) is 13.6. The van der Waals surface area contributed by atoms with Crippen LogP contribution in [-0.4, -0.2) is 30.6 Å². The summed E-state index contributed by atoms with van der Waals surface area (Å²) in [5.41, 5.74) is 3.73. The zero-order chi connectivity index (χ0) is 16.0. The van der Waals surface area contributed by atoms with Gasteiger partial charge >= 0.3 is 0 Å². The van der Waals surface area contributed by atoms with Crippen molar-refractivity contribution >= 4 is 35.0 Å². The molecule has 1 saturated heterocycles. The lowest BCUT2D eigenvalue weighted by atomic mass is 10.2. The summed E-state index contributed by atoms with van der Waals surface area (Å²) < 4.78 is 3.42. The van der Waals surface area contributed by atoms with Crippen LogP contribution < -0.4 is 10.2 Å². The van der Waals surface area contributed by atoms with E-state index in [4.69, 9.17) is 12.2 Å². The van der Waals surface area contributed by atoms with Crippen molar-refractivity contribution < 1.29 is 4.79 Å². The highest BCUT2D eigenvalue weighted by atomic mass is 32.1. The molecule has 1 amide bonds. The van der Waals surface area contributed by atoms with E-state index in [1.165, 1.54) is 4.90 Å². The second-order valence-corrected chi connectivity index (χ2v) is 5.60. The first kappa shape index (κ1) is 14.5. The molecule has 1 aliphatic rings. The molecule has 2 aromatic rings. The summed E-state index contributed by atoms with van der Waals surface area (Å²) in [5, 5.41) is 11.7. The molecule has 22 heavy (non-hydrogen) atoms. The second-order valence-electron chi connectivity index (χ2n) is 5.21. The third-order valence-electron chi connectivity index (χ3n) is 3.68. The summed E-state index contributed by atoms with van der Waals surface area (Å²) in [6, 6.07) is 0. The van der Waals surface area contributed by atoms with Gasteiger partial charge in [-0.15, -0.1) is 0 Å². The number of rotatable bonds is 2. The van der Waals surface area contributed by atoms with Crippen molar-refractivity contribution in [2.24, 2.45) is 14.1 Å². The Balaban J connectivity index is 1.98. The van der Waals surface area contributed by atoms with Gasteiger partial charge in [0, 0.05) is 31.5 Å². The quantitative estimate of drug-likeness (QED) is 0.662. The number of nitrogens with one attached hydrogen (secondary N) is 1. The molecule has 0 unspecified atom stereocenters. The van der Waals surface area contributed by atoms with Gasteiger partial charge in [0.05, 0.1) is 17.6 Å². The van der Waals surface area contributed by atoms with Crippen LogP contribution in [0.15, 0.2) is 18.1 Å². The highest BCUT2D eigenvalue weighted by Gasteiger charge is 2.34. The number of hydrogen-bond donors (Lipinski definition) is 1. The molecule has 0 aromatic carbocycles. The van der Waals surface area contributed by atoms with Crippen LogP contribution in [0.1, 0.15) is 17.0 Å². The standard InChI is InChI=1S/C14H16N6OS/c1-8-12(7-18(3)17-8)20-13(21)11(16-14(20)22)5-10-6-15-19(4)9(10)2/h5-7H,1-4H3,(H,16,22)/b11-5+. The Bertz CT molecular complexity index is 815. The summed E-state index contributed by atoms with van der Waals surface area (Å²) in [6.45, 7) is 3.79. The van der Waals surface area contributed by atoms with Gasteiger partial charge in [0.15, 0.2) is 5.11 Å². The maximum Gasteiger partial charge on any atom is 0.281 e. The van der Waals surface area contributed by atoms with Crippen LogP contribution in [-0.2, 0) is 18.9 Å². The fourth-order valence-electron chi connectivity index (χ4n) is 2.37. The smallest absolute Gasteiger partial charge is 0.281 e. The van der Waals surface area contributed by atoms with Gasteiger partial charge in [0.25, 0.3) is 5.91 Å². The van der Waals surface area contributed by atoms with Crippen LogP contribution in [0.25, 0.3) is 6.08 Å². The van der Waals surface area contributed by atoms with Crippen molar-refractivity contribution in [2.45, 2.75) is 13.8 Å². The Labute approximate surface area is 133 Å². The van der Waals surface area contributed by atoms with Crippen molar-refractivity contribution in [2.75, 3.05) is 4.90 Å². The van der Waals surface area contributed by atoms with Crippen molar-refractivity contribution in [1.82, 2.24) is 24.9 Å². The maximum absolute atomic E-state index is 12.6. The van der Waals surface area contributed by atoms with E-state index in [1.807, 2.05) is 27.9 Å². The number of hydrogen-bond acceptors (Lipinski definition) is 4. The largest absolute Gasteiger partial charge is 0.327 e. The Morgan fingerprint density at radius 1 is 1.32 bits per heavy atom. The summed E-state index contributed by atoms with van der Waals surface area (Å²) in [5.74, 6) is -0.190. The SMILES string of the molecule is Cc1nn(C)cc1N1C(=O)/C(=C\c2cnn(C)c2C)NC1=S. The van der Waals surface area contributed by atoms with Gasteiger partial charge in [0.1, 0.15) is 5.70 Å². The summed E-state index contributed by atoms with van der Waals surface area (Å²) >= 11 is 5.30. The minimum absolute atomic E-state index is 0.190. The topological polar surface area (TPSA) is 68.0 Å². The third kappa shape index (κ3) is 2.21. The number of nitrogens with zero attached hydrogens (tertiary/aromatic N) is 5. The number of thiocarbonyl (C=S) groups is 1. The van der Waals surface area contributed by atoms with Crippen LogP contribution in [0.3, 0.4) is 0 Å². The fourth-order valence-corrected chi connectivity index (χ4v) is 2.66. The van der Waals surface area contributed by atoms with Gasteiger partial charge < -0.3 is 5.32 Å². The summed E-state index contributed by atoms with van der Waals surface area (Å²) in [7, 11) is 3.67. The van der Waals surface area contributed by atoms with E-state index in [0.29, 0.717) is 16.5 Å². The average molecular weight is 316 g/mol. The van der Waals surface area contributed by atoms with E-state index in [-0.39, 0.29) is 5.91 Å². The molecular weight excluding hydrogens is 300 g/mol. The molecule has 3 heterocycles. The van der Waals surface area contributed by atoms with Gasteiger partial charge in [-0.2, -0.15) is 10.2 Å². The summed E-state index contributed by atoms with van der Waals surface area (Å²) in [6.07, 6.45) is 5.26. The van der Waals surface area contributed by atoms with E-state index < -0.39 is 0 Å². The molecule has 0 saturated carbocycles. The summed E-state index contributed by atoms with van der Waals surface area (Å²) in [4.78, 5) is 14.1. The van der Waals surface area contributed by atoms with E-state index in [1.54, 1.807) is 27.8 Å². The van der Waals surface area contributed by atoms with Gasteiger partial charge in [-0.05, 0) is 32.1 Å². The van der Waals surface area contributed by atoms with E-state index in [9.17, 15) is 4.79 Å². The average Bonchev–Trinajstić information content (AvgIpc) is 3.03. The Kier molecular flexibility index (Phi) is 3.32. The molecule has 2 aromatic heterocycles. The second kappa shape index (κ2) is 5.06. The molecule has 0 radical (unpaired) electrons. The predicted octanol–water partition coefficient (Wildman–Crippen LogP) is 1.03. The normalized spacial score (nSPS) is 16.7. The molecule has 0 aliphatic carbocycles. The van der Waals surface area contributed by atoms with E-state index in [0.717, 1.165) is 17.0 Å². The van der Waals surface area contributed by atoms with E-state index >= 15 is 0 Å². The molecule has 8 heteroatoms. The molecule has 0 bridgehead atoms. The molecule has 7 nitrogen and oxygen atoms in total. The highest BCUT2D eigenvalue weighted by Crippen LogP contribution is 2.25. The molecule has 1 fully saturated rings. The van der Waals surface area contributed by atoms with Crippen molar-refractivity contribution in [3.05, 3.63) is 35.0 Å². The first-order valence-corrected chi connectivity index (χ1v) is 7.15.